The molecule has 4 rings (SSSR count). The molecule has 2 heterocycles. The Labute approximate surface area is 201 Å². The molecule has 0 aliphatic rings. The Balaban J connectivity index is 1.58. The highest BCUT2D eigenvalue weighted by atomic mass is 32.2. The Morgan fingerprint density at radius 2 is 1.91 bits per heavy atom. The predicted molar refractivity (Wildman–Crippen MR) is 129 cm³/mol. The summed E-state index contributed by atoms with van der Waals surface area (Å²) in [6.45, 7) is 1.93. The first-order valence-electron chi connectivity index (χ1n) is 10.3. The highest BCUT2D eigenvalue weighted by Crippen LogP contribution is 2.24. The lowest BCUT2D eigenvalue weighted by Gasteiger charge is -2.11. The molecule has 3 N–H and O–H groups in total. The monoisotopic (exact) mass is 493 g/mol. The van der Waals surface area contributed by atoms with E-state index in [1.807, 2.05) is 31.2 Å². The van der Waals surface area contributed by atoms with Crippen LogP contribution in [-0.4, -0.2) is 41.3 Å². The molecule has 0 saturated carbocycles. The molecule has 1 amide bonds. The van der Waals surface area contributed by atoms with Crippen LogP contribution in [0.25, 0.3) is 5.69 Å². The fraction of sp³-hybridized carbons (Fsp3) is 0.136. The molecule has 0 bridgehead atoms. The van der Waals surface area contributed by atoms with Crippen molar-refractivity contribution in [2.24, 2.45) is 0 Å². The van der Waals surface area contributed by atoms with Crippen LogP contribution in [0.15, 0.2) is 69.3 Å². The van der Waals surface area contributed by atoms with Gasteiger partial charge in [0.05, 0.1) is 10.7 Å². The Morgan fingerprint density at radius 1 is 1.11 bits per heavy atom. The zero-order valence-corrected chi connectivity index (χ0v) is 19.2. The Kier molecular flexibility index (Phi) is 6.87. The summed E-state index contributed by atoms with van der Waals surface area (Å²) < 4.78 is 1.75. The number of non-ortho nitro benzene ring substituents is 1. The van der Waals surface area contributed by atoms with E-state index in [-0.39, 0.29) is 23.8 Å². The molecule has 0 aliphatic carbocycles. The van der Waals surface area contributed by atoms with Crippen molar-refractivity contribution < 1.29 is 9.72 Å². The lowest BCUT2D eigenvalue weighted by Crippen LogP contribution is -2.23. The highest BCUT2D eigenvalue weighted by Gasteiger charge is 2.17. The summed E-state index contributed by atoms with van der Waals surface area (Å²) in [5, 5.41) is 22.4. The van der Waals surface area contributed by atoms with Gasteiger partial charge in [0, 0.05) is 41.7 Å². The van der Waals surface area contributed by atoms with Gasteiger partial charge in [0.15, 0.2) is 5.16 Å². The zero-order chi connectivity index (χ0) is 24.9. The number of nitrogens with zero attached hydrogens (tertiary/aromatic N) is 4. The number of benzene rings is 2. The normalized spacial score (nSPS) is 10.8. The second-order valence-electron chi connectivity index (χ2n) is 7.51. The molecular weight excluding hydrogens is 474 g/mol. The molecule has 4 aromatic rings. The number of hydrogen-bond acceptors (Lipinski definition) is 8. The third-order valence-corrected chi connectivity index (χ3v) is 5.73. The van der Waals surface area contributed by atoms with Crippen LogP contribution in [0.4, 0.5) is 11.4 Å². The molecule has 2 aromatic heterocycles. The van der Waals surface area contributed by atoms with Gasteiger partial charge in [0.1, 0.15) is 5.82 Å². The Bertz CT molecular complexity index is 1500. The van der Waals surface area contributed by atoms with Crippen LogP contribution in [0.2, 0.25) is 0 Å². The van der Waals surface area contributed by atoms with E-state index < -0.39 is 16.2 Å². The second-order valence-corrected chi connectivity index (χ2v) is 8.45. The number of nitro groups is 1. The van der Waals surface area contributed by atoms with E-state index in [1.165, 1.54) is 24.3 Å². The molecule has 2 aromatic carbocycles. The first kappa shape index (κ1) is 23.6. The maximum absolute atomic E-state index is 12.5. The summed E-state index contributed by atoms with van der Waals surface area (Å²) >= 11 is 1.13. The lowest BCUT2D eigenvalue weighted by atomic mass is 10.2. The first-order chi connectivity index (χ1) is 16.8. The van der Waals surface area contributed by atoms with Gasteiger partial charge in [-0.2, -0.15) is 0 Å². The van der Waals surface area contributed by atoms with E-state index in [9.17, 15) is 24.5 Å². The summed E-state index contributed by atoms with van der Waals surface area (Å²) in [7, 11) is 0. The molecule has 0 radical (unpaired) electrons. The van der Waals surface area contributed by atoms with Gasteiger partial charge in [-0.25, -0.2) is 4.79 Å². The van der Waals surface area contributed by atoms with Crippen molar-refractivity contribution in [3.8, 4) is 5.69 Å². The average molecular weight is 494 g/mol. The molecule has 0 saturated heterocycles. The Hall–Kier alpha value is -4.52. The highest BCUT2D eigenvalue weighted by molar-refractivity contribution is 7.99. The second kappa shape index (κ2) is 10.2. The van der Waals surface area contributed by atoms with Gasteiger partial charge in [0.25, 0.3) is 11.2 Å². The summed E-state index contributed by atoms with van der Waals surface area (Å²) in [5.74, 6) is 0.0438. The third kappa shape index (κ3) is 5.89. The van der Waals surface area contributed by atoms with E-state index in [0.717, 1.165) is 23.0 Å². The number of carbonyl (C=O) groups is 1. The minimum absolute atomic E-state index is 0.0333. The number of amides is 1. The fourth-order valence-electron chi connectivity index (χ4n) is 3.34. The molecule has 12 nitrogen and oxygen atoms in total. The smallest absolute Gasteiger partial charge is 0.325 e. The van der Waals surface area contributed by atoms with Crippen LogP contribution >= 0.6 is 11.8 Å². The minimum Gasteiger partial charge on any atom is -0.325 e. The molecule has 0 atom stereocenters. The van der Waals surface area contributed by atoms with Crippen LogP contribution in [0, 0.1) is 17.0 Å². The average Bonchev–Trinajstić information content (AvgIpc) is 3.19. The van der Waals surface area contributed by atoms with Crippen molar-refractivity contribution in [1.82, 2.24) is 24.7 Å². The standard InChI is InChI=1S/C22H19N7O5S/c1-13-4-2-6-16(8-13)28-18(10-15-11-19(30)25-21(32)24-15)26-27-22(28)35-12-20(31)23-14-5-3-7-17(9-14)29(33)34/h2-9,11H,10,12H2,1H3,(H,23,31)(H2,24,25,30,32). The van der Waals surface area contributed by atoms with Gasteiger partial charge in [-0.15, -0.1) is 10.2 Å². The number of anilines is 1. The molecule has 35 heavy (non-hydrogen) atoms. The van der Waals surface area contributed by atoms with E-state index in [0.29, 0.717) is 22.4 Å². The van der Waals surface area contributed by atoms with Gasteiger partial charge in [-0.05, 0) is 30.7 Å². The molecule has 0 spiro atoms. The number of carbonyl (C=O) groups excluding carboxylic acids is 1. The van der Waals surface area contributed by atoms with Crippen LogP contribution in [0.1, 0.15) is 17.1 Å². The molecule has 0 fully saturated rings. The molecule has 0 unspecified atom stereocenters. The van der Waals surface area contributed by atoms with Crippen molar-refractivity contribution in [1.29, 1.82) is 0 Å². The number of nitro benzene ring substituents is 1. The molecule has 178 valence electrons. The Morgan fingerprint density at radius 3 is 2.66 bits per heavy atom. The van der Waals surface area contributed by atoms with Gasteiger partial charge >= 0.3 is 5.69 Å². The van der Waals surface area contributed by atoms with Crippen LogP contribution < -0.4 is 16.6 Å². The lowest BCUT2D eigenvalue weighted by molar-refractivity contribution is -0.384. The summed E-state index contributed by atoms with van der Waals surface area (Å²) in [6.07, 6.45) is 0.126. The van der Waals surface area contributed by atoms with Crippen molar-refractivity contribution in [2.75, 3.05) is 11.1 Å². The molecular formula is C22H19N7O5S. The van der Waals surface area contributed by atoms with Crippen molar-refractivity contribution >= 4 is 29.0 Å². The van der Waals surface area contributed by atoms with E-state index in [2.05, 4.69) is 25.5 Å². The van der Waals surface area contributed by atoms with Gasteiger partial charge in [0.2, 0.25) is 5.91 Å². The fourth-order valence-corrected chi connectivity index (χ4v) is 4.11. The topological polar surface area (TPSA) is 169 Å². The number of aromatic nitrogens is 5. The minimum atomic E-state index is -0.624. The van der Waals surface area contributed by atoms with Crippen molar-refractivity contribution in [2.45, 2.75) is 18.5 Å². The van der Waals surface area contributed by atoms with Gasteiger partial charge in [-0.1, -0.05) is 30.0 Å². The maximum atomic E-state index is 12.5. The molecule has 13 heteroatoms. The van der Waals surface area contributed by atoms with Gasteiger partial charge < -0.3 is 10.3 Å². The summed E-state index contributed by atoms with van der Waals surface area (Å²) in [4.78, 5) is 51.0. The number of nitrogens with one attached hydrogen (secondary N) is 3. The van der Waals surface area contributed by atoms with Crippen molar-refractivity contribution in [3.63, 3.8) is 0 Å². The SMILES string of the molecule is Cc1cccc(-n2c(Cc3cc(=O)[nH]c(=O)[nH]3)nnc2SCC(=O)Nc2cccc([N+](=O)[O-])c2)c1. The summed E-state index contributed by atoms with van der Waals surface area (Å²) in [6, 6.07) is 14.5. The van der Waals surface area contributed by atoms with Gasteiger partial charge in [-0.3, -0.25) is 29.3 Å². The number of thioether (sulfide) groups is 1. The van der Waals surface area contributed by atoms with Crippen LogP contribution in [-0.2, 0) is 11.2 Å². The number of rotatable bonds is 8. The first-order valence-corrected chi connectivity index (χ1v) is 11.3. The number of hydrogen-bond donors (Lipinski definition) is 3. The molecule has 0 aliphatic heterocycles. The van der Waals surface area contributed by atoms with Crippen molar-refractivity contribution in [3.05, 3.63) is 103 Å². The third-order valence-electron chi connectivity index (χ3n) is 4.80. The largest absolute Gasteiger partial charge is 0.325 e. The zero-order valence-electron chi connectivity index (χ0n) is 18.3. The van der Waals surface area contributed by atoms with Crippen LogP contribution in [0.3, 0.4) is 0 Å². The quantitative estimate of drug-likeness (QED) is 0.191. The predicted octanol–water partition coefficient (Wildman–Crippen LogP) is 2.18. The van der Waals surface area contributed by atoms with Crippen LogP contribution in [0.5, 0.6) is 0 Å². The van der Waals surface area contributed by atoms with E-state index >= 15 is 0 Å². The number of aryl methyl sites for hydroxylation is 1. The van der Waals surface area contributed by atoms with E-state index in [1.54, 1.807) is 10.6 Å². The maximum Gasteiger partial charge on any atom is 0.325 e. The number of aromatic amines is 2. The number of H-pyrrole nitrogens is 2. The van der Waals surface area contributed by atoms with E-state index in [4.69, 9.17) is 0 Å². The summed E-state index contributed by atoms with van der Waals surface area (Å²) in [5.41, 5.74) is 1.13.